The zero-order chi connectivity index (χ0) is 11.0. The number of hydrogen-bond acceptors (Lipinski definition) is 3. The molecule has 0 unspecified atom stereocenters. The molecule has 1 aliphatic carbocycles. The van der Waals surface area contributed by atoms with E-state index < -0.39 is 0 Å². The van der Waals surface area contributed by atoms with Crippen molar-refractivity contribution in [3.05, 3.63) is 0 Å². The van der Waals surface area contributed by atoms with Gasteiger partial charge in [-0.1, -0.05) is 19.3 Å². The molecule has 0 aliphatic heterocycles. The van der Waals surface area contributed by atoms with Crippen molar-refractivity contribution < 1.29 is 5.11 Å². The SMILES string of the molecule is CSC1(CNCCCCCCO)CCC1. The lowest BCUT2D eigenvalue weighted by Gasteiger charge is -2.40. The first-order valence-electron chi connectivity index (χ1n) is 6.20. The van der Waals surface area contributed by atoms with E-state index in [0.29, 0.717) is 11.4 Å². The van der Waals surface area contributed by atoms with Crippen LogP contribution in [0.25, 0.3) is 0 Å². The Balaban J connectivity index is 1.88. The fourth-order valence-corrected chi connectivity index (χ4v) is 3.00. The van der Waals surface area contributed by atoms with E-state index in [1.807, 2.05) is 11.8 Å². The molecule has 0 aromatic heterocycles. The number of hydrogen-bond donors (Lipinski definition) is 2. The summed E-state index contributed by atoms with van der Waals surface area (Å²) in [7, 11) is 0. The largest absolute Gasteiger partial charge is 0.396 e. The van der Waals surface area contributed by atoms with Gasteiger partial charge in [-0.25, -0.2) is 0 Å². The van der Waals surface area contributed by atoms with E-state index in [0.717, 1.165) is 13.0 Å². The topological polar surface area (TPSA) is 32.3 Å². The third-order valence-electron chi connectivity index (χ3n) is 3.41. The molecule has 90 valence electrons. The van der Waals surface area contributed by atoms with Crippen LogP contribution < -0.4 is 5.32 Å². The molecule has 3 heteroatoms. The third-order valence-corrected chi connectivity index (χ3v) is 4.83. The Kier molecular flexibility index (Phi) is 6.69. The van der Waals surface area contributed by atoms with Gasteiger partial charge >= 0.3 is 0 Å². The highest BCUT2D eigenvalue weighted by Crippen LogP contribution is 2.42. The third kappa shape index (κ3) is 4.75. The molecule has 1 rings (SSSR count). The summed E-state index contributed by atoms with van der Waals surface area (Å²) in [6.45, 7) is 2.69. The summed E-state index contributed by atoms with van der Waals surface area (Å²) < 4.78 is 0.575. The number of aliphatic hydroxyl groups is 1. The second kappa shape index (κ2) is 7.53. The van der Waals surface area contributed by atoms with Crippen LogP contribution >= 0.6 is 11.8 Å². The smallest absolute Gasteiger partial charge is 0.0431 e. The maximum Gasteiger partial charge on any atom is 0.0431 e. The van der Waals surface area contributed by atoms with Crippen LogP contribution in [-0.4, -0.2) is 35.8 Å². The van der Waals surface area contributed by atoms with E-state index in [1.165, 1.54) is 45.1 Å². The van der Waals surface area contributed by atoms with Gasteiger partial charge < -0.3 is 10.4 Å². The Hall–Kier alpha value is 0.270. The fourth-order valence-electron chi connectivity index (χ4n) is 2.06. The minimum Gasteiger partial charge on any atom is -0.396 e. The molecule has 0 amide bonds. The normalized spacial score (nSPS) is 18.8. The van der Waals surface area contributed by atoms with Crippen LogP contribution in [-0.2, 0) is 0 Å². The Labute approximate surface area is 98.2 Å². The van der Waals surface area contributed by atoms with Gasteiger partial charge in [0.1, 0.15) is 0 Å². The molecule has 2 nitrogen and oxygen atoms in total. The van der Waals surface area contributed by atoms with Crippen molar-refractivity contribution in [2.24, 2.45) is 0 Å². The Morgan fingerprint density at radius 3 is 2.47 bits per heavy atom. The van der Waals surface area contributed by atoms with Crippen LogP contribution in [0.5, 0.6) is 0 Å². The number of aliphatic hydroxyl groups excluding tert-OH is 1. The first kappa shape index (κ1) is 13.3. The van der Waals surface area contributed by atoms with Crippen molar-refractivity contribution in [2.45, 2.75) is 49.7 Å². The predicted octanol–water partition coefficient (Wildman–Crippen LogP) is 2.41. The lowest BCUT2D eigenvalue weighted by atomic mass is 9.84. The number of thioether (sulfide) groups is 1. The van der Waals surface area contributed by atoms with Crippen molar-refractivity contribution in [1.82, 2.24) is 5.32 Å². The van der Waals surface area contributed by atoms with Crippen LogP contribution in [0.2, 0.25) is 0 Å². The molecule has 1 saturated carbocycles. The molecule has 0 aromatic carbocycles. The lowest BCUT2D eigenvalue weighted by molar-refractivity contribution is 0.282. The highest BCUT2D eigenvalue weighted by atomic mass is 32.2. The van der Waals surface area contributed by atoms with E-state index in [2.05, 4.69) is 11.6 Å². The second-order valence-corrected chi connectivity index (χ2v) is 5.83. The minimum absolute atomic E-state index is 0.350. The Morgan fingerprint density at radius 1 is 1.20 bits per heavy atom. The van der Waals surface area contributed by atoms with Crippen LogP contribution in [0.1, 0.15) is 44.9 Å². The highest BCUT2D eigenvalue weighted by molar-refractivity contribution is 8.00. The molecule has 0 bridgehead atoms. The van der Waals surface area contributed by atoms with E-state index in [1.54, 1.807) is 0 Å². The molecular weight excluding hydrogens is 206 g/mol. The molecule has 0 saturated heterocycles. The predicted molar refractivity (Wildman–Crippen MR) is 68.5 cm³/mol. The molecule has 0 aromatic rings. The van der Waals surface area contributed by atoms with E-state index in [4.69, 9.17) is 5.11 Å². The molecule has 2 N–H and O–H groups in total. The van der Waals surface area contributed by atoms with Gasteiger partial charge in [0.25, 0.3) is 0 Å². The summed E-state index contributed by atoms with van der Waals surface area (Å²) in [5.41, 5.74) is 0. The number of nitrogens with one attached hydrogen (secondary N) is 1. The Bertz CT molecular complexity index is 154. The fraction of sp³-hybridized carbons (Fsp3) is 1.00. The molecule has 0 spiro atoms. The van der Waals surface area contributed by atoms with E-state index >= 15 is 0 Å². The van der Waals surface area contributed by atoms with Crippen LogP contribution in [0.15, 0.2) is 0 Å². The van der Waals surface area contributed by atoms with Gasteiger partial charge in [-0.05, 0) is 38.5 Å². The molecule has 0 atom stereocenters. The Morgan fingerprint density at radius 2 is 1.93 bits per heavy atom. The van der Waals surface area contributed by atoms with Crippen LogP contribution in [0.4, 0.5) is 0 Å². The van der Waals surface area contributed by atoms with E-state index in [9.17, 15) is 0 Å². The second-order valence-electron chi connectivity index (χ2n) is 4.56. The standard InChI is InChI=1S/C12H25NOS/c1-15-12(7-6-8-12)11-13-9-4-2-3-5-10-14/h13-14H,2-11H2,1H3. The monoisotopic (exact) mass is 231 g/mol. The first-order valence-corrected chi connectivity index (χ1v) is 7.42. The molecule has 0 heterocycles. The molecule has 1 aliphatic rings. The van der Waals surface area contributed by atoms with Gasteiger partial charge in [-0.15, -0.1) is 0 Å². The van der Waals surface area contributed by atoms with Crippen molar-refractivity contribution in [1.29, 1.82) is 0 Å². The summed E-state index contributed by atoms with van der Waals surface area (Å²) in [6.07, 6.45) is 11.1. The van der Waals surface area contributed by atoms with Crippen molar-refractivity contribution >= 4 is 11.8 Å². The first-order chi connectivity index (χ1) is 7.33. The summed E-state index contributed by atoms with van der Waals surface area (Å²) in [5, 5.41) is 12.2. The average molecular weight is 231 g/mol. The van der Waals surface area contributed by atoms with Gasteiger partial charge in [0, 0.05) is 17.9 Å². The molecule has 1 fully saturated rings. The summed E-state index contributed by atoms with van der Waals surface area (Å²) in [6, 6.07) is 0. The molecule has 0 radical (unpaired) electrons. The van der Waals surface area contributed by atoms with Crippen LogP contribution in [0.3, 0.4) is 0 Å². The van der Waals surface area contributed by atoms with Gasteiger partial charge in [0.15, 0.2) is 0 Å². The van der Waals surface area contributed by atoms with Gasteiger partial charge in [0.2, 0.25) is 0 Å². The van der Waals surface area contributed by atoms with Crippen molar-refractivity contribution in [3.63, 3.8) is 0 Å². The van der Waals surface area contributed by atoms with Crippen molar-refractivity contribution in [2.75, 3.05) is 26.0 Å². The lowest BCUT2D eigenvalue weighted by Crippen LogP contribution is -2.43. The minimum atomic E-state index is 0.350. The summed E-state index contributed by atoms with van der Waals surface area (Å²) >= 11 is 2.04. The van der Waals surface area contributed by atoms with Crippen LogP contribution in [0, 0.1) is 0 Å². The molecular formula is C12H25NOS. The highest BCUT2D eigenvalue weighted by Gasteiger charge is 2.35. The zero-order valence-electron chi connectivity index (χ0n) is 9.93. The van der Waals surface area contributed by atoms with Crippen molar-refractivity contribution in [3.8, 4) is 0 Å². The van der Waals surface area contributed by atoms with Gasteiger partial charge in [-0.2, -0.15) is 11.8 Å². The summed E-state index contributed by atoms with van der Waals surface area (Å²) in [5.74, 6) is 0. The zero-order valence-corrected chi connectivity index (χ0v) is 10.7. The number of unbranched alkanes of at least 4 members (excludes halogenated alkanes) is 3. The van der Waals surface area contributed by atoms with Gasteiger partial charge in [-0.3, -0.25) is 0 Å². The average Bonchev–Trinajstić information content (AvgIpc) is 2.20. The number of rotatable bonds is 9. The quantitative estimate of drug-likeness (QED) is 0.598. The maximum absolute atomic E-state index is 8.63. The molecule has 15 heavy (non-hydrogen) atoms. The van der Waals surface area contributed by atoms with Gasteiger partial charge in [0.05, 0.1) is 0 Å². The van der Waals surface area contributed by atoms with E-state index in [-0.39, 0.29) is 0 Å². The summed E-state index contributed by atoms with van der Waals surface area (Å²) in [4.78, 5) is 0. The maximum atomic E-state index is 8.63.